The fourth-order valence-electron chi connectivity index (χ4n) is 1.55. The van der Waals surface area contributed by atoms with Gasteiger partial charge in [-0.05, 0) is 24.8 Å². The van der Waals surface area contributed by atoms with Crippen molar-refractivity contribution in [2.75, 3.05) is 0 Å². The number of carbonyl (C=O) groups excluding carboxylic acids is 1. The molecule has 2 heteroatoms. The molecule has 2 nitrogen and oxygen atoms in total. The summed E-state index contributed by atoms with van der Waals surface area (Å²) in [5.74, 6) is 0.247. The average molecular weight is 154 g/mol. The molecule has 0 aliphatic heterocycles. The van der Waals surface area contributed by atoms with E-state index in [1.165, 1.54) is 0 Å². The molecule has 0 aromatic heterocycles. The van der Waals surface area contributed by atoms with Crippen LogP contribution in [0.3, 0.4) is 0 Å². The molecule has 1 unspecified atom stereocenters. The minimum atomic E-state index is -0.0825. The molecule has 1 N–H and O–H groups in total. The van der Waals surface area contributed by atoms with Crippen LogP contribution < -0.4 is 0 Å². The molecule has 0 saturated heterocycles. The third kappa shape index (κ3) is 1.44. The lowest BCUT2D eigenvalue weighted by atomic mass is 9.97. The fourth-order valence-corrected chi connectivity index (χ4v) is 1.55. The van der Waals surface area contributed by atoms with Gasteiger partial charge in [-0.2, -0.15) is 0 Å². The fraction of sp³-hybridized carbons (Fsp3) is 0.667. The summed E-state index contributed by atoms with van der Waals surface area (Å²) in [4.78, 5) is 11.0. The number of aliphatic hydroxyl groups excluding tert-OH is 1. The Morgan fingerprint density at radius 1 is 1.64 bits per heavy atom. The number of rotatable bonds is 2. The summed E-state index contributed by atoms with van der Waals surface area (Å²) in [7, 11) is 0. The van der Waals surface area contributed by atoms with Crippen molar-refractivity contribution in [2.24, 2.45) is 5.92 Å². The lowest BCUT2D eigenvalue weighted by Crippen LogP contribution is -1.98. The minimum absolute atomic E-state index is 0.0171. The highest BCUT2D eigenvalue weighted by Gasteiger charge is 2.28. The second kappa shape index (κ2) is 3.07. The Balaban J connectivity index is 2.69. The molecule has 1 aliphatic carbocycles. The van der Waals surface area contributed by atoms with Crippen molar-refractivity contribution < 1.29 is 9.90 Å². The first-order chi connectivity index (χ1) is 5.16. The number of carbonyl (C=O) groups is 1. The normalized spacial score (nSPS) is 24.9. The number of hydrogen-bond acceptors (Lipinski definition) is 2. The largest absolute Gasteiger partial charge is 0.504 e. The zero-order valence-corrected chi connectivity index (χ0v) is 7.05. The Morgan fingerprint density at radius 2 is 2.27 bits per heavy atom. The van der Waals surface area contributed by atoms with Gasteiger partial charge in [0.15, 0.2) is 11.5 Å². The standard InChI is InChI=1S/C9H14O2/c1-3-4-7-5-8(10)9(11)6(7)2/h7,11H,3-5H2,1-2H3. The smallest absolute Gasteiger partial charge is 0.197 e. The van der Waals surface area contributed by atoms with Crippen LogP contribution in [0.25, 0.3) is 0 Å². The first-order valence-corrected chi connectivity index (χ1v) is 4.09. The van der Waals surface area contributed by atoms with Crippen LogP contribution in [0.4, 0.5) is 0 Å². The van der Waals surface area contributed by atoms with Crippen LogP contribution in [0.5, 0.6) is 0 Å². The SMILES string of the molecule is CCCC1CC(=O)C(O)=C1C. The summed E-state index contributed by atoms with van der Waals surface area (Å²) in [6.07, 6.45) is 2.61. The summed E-state index contributed by atoms with van der Waals surface area (Å²) in [5.41, 5.74) is 0.886. The first kappa shape index (κ1) is 8.31. The molecule has 11 heavy (non-hydrogen) atoms. The van der Waals surface area contributed by atoms with Crippen molar-refractivity contribution in [1.82, 2.24) is 0 Å². The Labute approximate surface area is 66.9 Å². The van der Waals surface area contributed by atoms with Gasteiger partial charge in [-0.25, -0.2) is 0 Å². The van der Waals surface area contributed by atoms with Crippen molar-refractivity contribution in [3.8, 4) is 0 Å². The molecule has 0 fully saturated rings. The summed E-state index contributed by atoms with van der Waals surface area (Å²) in [5, 5.41) is 9.19. The molecular formula is C9H14O2. The lowest BCUT2D eigenvalue weighted by molar-refractivity contribution is -0.117. The van der Waals surface area contributed by atoms with Gasteiger partial charge in [0.2, 0.25) is 0 Å². The third-order valence-electron chi connectivity index (χ3n) is 2.32. The Morgan fingerprint density at radius 3 is 2.64 bits per heavy atom. The zero-order chi connectivity index (χ0) is 8.43. The van der Waals surface area contributed by atoms with E-state index in [1.54, 1.807) is 0 Å². The minimum Gasteiger partial charge on any atom is -0.504 e. The Kier molecular flexibility index (Phi) is 2.32. The van der Waals surface area contributed by atoms with Crippen molar-refractivity contribution in [3.63, 3.8) is 0 Å². The maximum Gasteiger partial charge on any atom is 0.197 e. The van der Waals surface area contributed by atoms with Crippen LogP contribution in [0.15, 0.2) is 11.3 Å². The molecule has 0 heterocycles. The third-order valence-corrected chi connectivity index (χ3v) is 2.32. The molecule has 1 rings (SSSR count). The predicted octanol–water partition coefficient (Wildman–Crippen LogP) is 2.21. The number of hydrogen-bond donors (Lipinski definition) is 1. The van der Waals surface area contributed by atoms with E-state index in [-0.39, 0.29) is 11.5 Å². The Hall–Kier alpha value is -0.790. The van der Waals surface area contributed by atoms with Crippen LogP contribution >= 0.6 is 0 Å². The van der Waals surface area contributed by atoms with Gasteiger partial charge in [0.25, 0.3) is 0 Å². The van der Waals surface area contributed by atoms with Crippen molar-refractivity contribution >= 4 is 5.78 Å². The van der Waals surface area contributed by atoms with Gasteiger partial charge in [-0.3, -0.25) is 4.79 Å². The molecule has 0 aromatic rings. The van der Waals surface area contributed by atoms with E-state index < -0.39 is 0 Å². The van der Waals surface area contributed by atoms with Gasteiger partial charge >= 0.3 is 0 Å². The van der Waals surface area contributed by atoms with Crippen LogP contribution in [0, 0.1) is 5.92 Å². The van der Waals surface area contributed by atoms with E-state index in [1.807, 2.05) is 6.92 Å². The molecule has 1 aliphatic rings. The van der Waals surface area contributed by atoms with Crippen LogP contribution in [0.1, 0.15) is 33.1 Å². The van der Waals surface area contributed by atoms with Gasteiger partial charge in [0.05, 0.1) is 0 Å². The number of allylic oxidation sites excluding steroid dienone is 2. The summed E-state index contributed by atoms with van der Waals surface area (Å²) in [6, 6.07) is 0. The molecule has 0 amide bonds. The van der Waals surface area contributed by atoms with Crippen molar-refractivity contribution in [3.05, 3.63) is 11.3 Å². The molecule has 0 radical (unpaired) electrons. The van der Waals surface area contributed by atoms with E-state index in [0.29, 0.717) is 12.3 Å². The quantitative estimate of drug-likeness (QED) is 0.662. The summed E-state index contributed by atoms with van der Waals surface area (Å²) >= 11 is 0. The van der Waals surface area contributed by atoms with Crippen LogP contribution in [0.2, 0.25) is 0 Å². The molecule has 0 aromatic carbocycles. The van der Waals surface area contributed by atoms with Gasteiger partial charge in [0.1, 0.15) is 0 Å². The monoisotopic (exact) mass is 154 g/mol. The Bertz CT molecular complexity index is 204. The molecule has 0 bridgehead atoms. The van der Waals surface area contributed by atoms with E-state index in [0.717, 1.165) is 18.4 Å². The van der Waals surface area contributed by atoms with Gasteiger partial charge in [0, 0.05) is 6.42 Å². The maximum atomic E-state index is 11.0. The van der Waals surface area contributed by atoms with Crippen LogP contribution in [-0.2, 0) is 4.79 Å². The number of Topliss-reactive ketones (excluding diaryl/α,β-unsaturated/α-hetero) is 1. The lowest BCUT2D eigenvalue weighted by Gasteiger charge is -2.06. The molecule has 1 atom stereocenters. The second-order valence-corrected chi connectivity index (χ2v) is 3.14. The first-order valence-electron chi connectivity index (χ1n) is 4.09. The van der Waals surface area contributed by atoms with Gasteiger partial charge < -0.3 is 5.11 Å². The zero-order valence-electron chi connectivity index (χ0n) is 7.05. The summed E-state index contributed by atoms with van der Waals surface area (Å²) < 4.78 is 0. The van der Waals surface area contributed by atoms with Crippen molar-refractivity contribution in [1.29, 1.82) is 0 Å². The highest BCUT2D eigenvalue weighted by Crippen LogP contribution is 2.30. The van der Waals surface area contributed by atoms with E-state index >= 15 is 0 Å². The summed E-state index contributed by atoms with van der Waals surface area (Å²) in [6.45, 7) is 3.94. The number of aliphatic hydroxyl groups is 1. The maximum absolute atomic E-state index is 11.0. The molecule has 0 spiro atoms. The highest BCUT2D eigenvalue weighted by molar-refractivity contribution is 5.96. The van der Waals surface area contributed by atoms with E-state index in [4.69, 9.17) is 0 Å². The predicted molar refractivity (Wildman–Crippen MR) is 43.4 cm³/mol. The average Bonchev–Trinajstić information content (AvgIpc) is 2.19. The highest BCUT2D eigenvalue weighted by atomic mass is 16.3. The van der Waals surface area contributed by atoms with Crippen LogP contribution in [-0.4, -0.2) is 10.9 Å². The topological polar surface area (TPSA) is 37.3 Å². The van der Waals surface area contributed by atoms with E-state index in [2.05, 4.69) is 6.92 Å². The van der Waals surface area contributed by atoms with E-state index in [9.17, 15) is 9.90 Å². The van der Waals surface area contributed by atoms with Gasteiger partial charge in [-0.15, -0.1) is 0 Å². The molecule has 62 valence electrons. The molecular weight excluding hydrogens is 140 g/mol. The molecule has 0 saturated carbocycles. The van der Waals surface area contributed by atoms with Crippen molar-refractivity contribution in [2.45, 2.75) is 33.1 Å². The van der Waals surface area contributed by atoms with Gasteiger partial charge in [-0.1, -0.05) is 13.3 Å². The second-order valence-electron chi connectivity index (χ2n) is 3.14. The number of ketones is 1.